The van der Waals surface area contributed by atoms with E-state index in [2.05, 4.69) is 24.1 Å². The lowest BCUT2D eigenvalue weighted by Gasteiger charge is -2.17. The predicted octanol–water partition coefficient (Wildman–Crippen LogP) is 2.81. The number of nitrogens with one attached hydrogen (secondary N) is 1. The molecule has 0 fully saturated rings. The average molecular weight is 279 g/mol. The third-order valence-corrected chi connectivity index (χ3v) is 3.45. The number of hydrogen-bond acceptors (Lipinski definition) is 4. The number of nitro groups is 1. The Kier molecular flexibility index (Phi) is 7.84. The van der Waals surface area contributed by atoms with Crippen LogP contribution in [0.25, 0.3) is 0 Å². The van der Waals surface area contributed by atoms with Gasteiger partial charge in [0.05, 0.1) is 4.92 Å². The minimum absolute atomic E-state index is 0.146. The van der Waals surface area contributed by atoms with E-state index in [1.807, 2.05) is 0 Å². The van der Waals surface area contributed by atoms with Crippen LogP contribution in [0.5, 0.6) is 0 Å². The van der Waals surface area contributed by atoms with E-state index in [9.17, 15) is 10.1 Å². The normalized spacial score (nSPS) is 10.9. The minimum atomic E-state index is -0.371. The zero-order valence-electron chi connectivity index (χ0n) is 12.5. The highest BCUT2D eigenvalue weighted by Crippen LogP contribution is 2.11. The second-order valence-corrected chi connectivity index (χ2v) is 4.83. The van der Waals surface area contributed by atoms with Gasteiger partial charge in [0.2, 0.25) is 0 Å². The van der Waals surface area contributed by atoms with Crippen molar-refractivity contribution in [2.75, 3.05) is 26.2 Å². The molecule has 1 rings (SSSR count). The first kappa shape index (κ1) is 16.6. The van der Waals surface area contributed by atoms with Crippen LogP contribution >= 0.6 is 0 Å². The van der Waals surface area contributed by atoms with Gasteiger partial charge in [0.15, 0.2) is 0 Å². The van der Waals surface area contributed by atoms with E-state index >= 15 is 0 Å². The van der Waals surface area contributed by atoms with Crippen LogP contribution in [-0.4, -0.2) is 36.0 Å². The molecule has 0 aliphatic heterocycles. The van der Waals surface area contributed by atoms with Gasteiger partial charge in [0, 0.05) is 18.7 Å². The molecule has 0 aliphatic rings. The lowest BCUT2D eigenvalue weighted by atomic mass is 10.2. The van der Waals surface area contributed by atoms with Crippen molar-refractivity contribution in [1.29, 1.82) is 0 Å². The van der Waals surface area contributed by atoms with Gasteiger partial charge in [0.25, 0.3) is 5.69 Å². The highest BCUT2D eigenvalue weighted by atomic mass is 16.6. The van der Waals surface area contributed by atoms with Gasteiger partial charge in [-0.2, -0.15) is 0 Å². The lowest BCUT2D eigenvalue weighted by molar-refractivity contribution is -0.384. The highest BCUT2D eigenvalue weighted by Gasteiger charge is 2.03. The van der Waals surface area contributed by atoms with Crippen LogP contribution in [-0.2, 0) is 6.54 Å². The van der Waals surface area contributed by atoms with Crippen LogP contribution in [0.3, 0.4) is 0 Å². The van der Waals surface area contributed by atoms with Crippen molar-refractivity contribution in [1.82, 2.24) is 10.2 Å². The van der Waals surface area contributed by atoms with Gasteiger partial charge in [-0.1, -0.05) is 26.0 Å². The summed E-state index contributed by atoms with van der Waals surface area (Å²) < 4.78 is 0. The second kappa shape index (κ2) is 9.44. The molecule has 0 bridgehead atoms. The van der Waals surface area contributed by atoms with Crippen molar-refractivity contribution in [2.24, 2.45) is 0 Å². The van der Waals surface area contributed by atoms with Crippen LogP contribution in [0.4, 0.5) is 5.69 Å². The Balaban J connectivity index is 2.13. The summed E-state index contributed by atoms with van der Waals surface area (Å²) in [5.74, 6) is 0. The number of non-ortho nitro benzene ring substituents is 1. The Bertz CT molecular complexity index is 389. The minimum Gasteiger partial charge on any atom is -0.313 e. The molecule has 0 atom stereocenters. The third kappa shape index (κ3) is 6.12. The summed E-state index contributed by atoms with van der Waals surface area (Å²) in [5.41, 5.74) is 1.23. The van der Waals surface area contributed by atoms with Gasteiger partial charge in [-0.3, -0.25) is 10.1 Å². The van der Waals surface area contributed by atoms with Gasteiger partial charge in [-0.25, -0.2) is 0 Å². The number of hydrogen-bond donors (Lipinski definition) is 1. The number of benzene rings is 1. The van der Waals surface area contributed by atoms with E-state index in [0.717, 1.165) is 44.7 Å². The van der Waals surface area contributed by atoms with Crippen LogP contribution in [0.15, 0.2) is 24.3 Å². The van der Waals surface area contributed by atoms with Crippen LogP contribution in [0.2, 0.25) is 0 Å². The Hall–Kier alpha value is -1.46. The quantitative estimate of drug-likeness (QED) is 0.406. The van der Waals surface area contributed by atoms with Crippen molar-refractivity contribution in [2.45, 2.75) is 33.2 Å². The van der Waals surface area contributed by atoms with E-state index in [4.69, 9.17) is 0 Å². The molecule has 112 valence electrons. The fourth-order valence-corrected chi connectivity index (χ4v) is 2.09. The summed E-state index contributed by atoms with van der Waals surface area (Å²) in [5, 5.41) is 13.9. The molecule has 5 heteroatoms. The van der Waals surface area contributed by atoms with E-state index < -0.39 is 0 Å². The number of unbranched alkanes of at least 4 members (excludes halogenated alkanes) is 1. The molecule has 0 saturated heterocycles. The molecule has 0 aliphatic carbocycles. The maximum Gasteiger partial charge on any atom is 0.269 e. The summed E-state index contributed by atoms with van der Waals surface area (Å²) in [6, 6.07) is 6.72. The Labute approximate surface area is 121 Å². The summed E-state index contributed by atoms with van der Waals surface area (Å²) in [6.45, 7) is 9.53. The largest absolute Gasteiger partial charge is 0.313 e. The number of nitro benzene ring substituents is 1. The molecular formula is C15H25N3O2. The lowest BCUT2D eigenvalue weighted by Crippen LogP contribution is -2.25. The summed E-state index contributed by atoms with van der Waals surface area (Å²) in [4.78, 5) is 12.6. The SMILES string of the molecule is CCN(CC)CCCCNCc1ccc([N+](=O)[O-])cc1. The highest BCUT2D eigenvalue weighted by molar-refractivity contribution is 5.32. The third-order valence-electron chi connectivity index (χ3n) is 3.45. The van der Waals surface area contributed by atoms with Gasteiger partial charge < -0.3 is 10.2 Å². The van der Waals surface area contributed by atoms with Crippen molar-refractivity contribution in [3.63, 3.8) is 0 Å². The first-order valence-corrected chi connectivity index (χ1v) is 7.33. The first-order valence-electron chi connectivity index (χ1n) is 7.33. The van der Waals surface area contributed by atoms with Crippen LogP contribution in [0, 0.1) is 10.1 Å². The topological polar surface area (TPSA) is 58.4 Å². The van der Waals surface area contributed by atoms with Crippen LogP contribution < -0.4 is 5.32 Å². The van der Waals surface area contributed by atoms with E-state index in [0.29, 0.717) is 0 Å². The summed E-state index contributed by atoms with van der Waals surface area (Å²) in [6.07, 6.45) is 2.36. The molecule has 0 radical (unpaired) electrons. The molecule has 0 aromatic heterocycles. The van der Waals surface area contributed by atoms with Crippen molar-refractivity contribution < 1.29 is 4.92 Å². The average Bonchev–Trinajstić information content (AvgIpc) is 2.47. The molecule has 0 unspecified atom stereocenters. The maximum atomic E-state index is 10.5. The number of rotatable bonds is 10. The molecule has 1 N–H and O–H groups in total. The van der Waals surface area contributed by atoms with Gasteiger partial charge in [-0.15, -0.1) is 0 Å². The van der Waals surface area contributed by atoms with E-state index in [-0.39, 0.29) is 10.6 Å². The zero-order valence-corrected chi connectivity index (χ0v) is 12.5. The maximum absolute atomic E-state index is 10.5. The zero-order chi connectivity index (χ0) is 14.8. The molecule has 0 spiro atoms. The molecule has 1 aromatic carbocycles. The first-order chi connectivity index (χ1) is 9.67. The monoisotopic (exact) mass is 279 g/mol. The fourth-order valence-electron chi connectivity index (χ4n) is 2.09. The van der Waals surface area contributed by atoms with Crippen LogP contribution in [0.1, 0.15) is 32.3 Å². The van der Waals surface area contributed by atoms with E-state index in [1.54, 1.807) is 24.3 Å². The molecule has 0 amide bonds. The fraction of sp³-hybridized carbons (Fsp3) is 0.600. The molecule has 20 heavy (non-hydrogen) atoms. The molecular weight excluding hydrogens is 254 g/mol. The van der Waals surface area contributed by atoms with Crippen molar-refractivity contribution in [3.8, 4) is 0 Å². The number of nitrogens with zero attached hydrogens (tertiary/aromatic N) is 2. The molecule has 0 saturated carbocycles. The smallest absolute Gasteiger partial charge is 0.269 e. The van der Waals surface area contributed by atoms with Gasteiger partial charge in [0.1, 0.15) is 0 Å². The Morgan fingerprint density at radius 3 is 2.35 bits per heavy atom. The molecule has 0 heterocycles. The van der Waals surface area contributed by atoms with E-state index in [1.165, 1.54) is 6.42 Å². The van der Waals surface area contributed by atoms with Gasteiger partial charge in [-0.05, 0) is 44.6 Å². The van der Waals surface area contributed by atoms with Crippen molar-refractivity contribution >= 4 is 5.69 Å². The summed E-state index contributed by atoms with van der Waals surface area (Å²) in [7, 11) is 0. The standard InChI is InChI=1S/C15H25N3O2/c1-3-17(4-2)12-6-5-11-16-13-14-7-9-15(10-8-14)18(19)20/h7-10,16H,3-6,11-13H2,1-2H3. The second-order valence-electron chi connectivity index (χ2n) is 4.83. The summed E-state index contributed by atoms with van der Waals surface area (Å²) >= 11 is 0. The molecule has 5 nitrogen and oxygen atoms in total. The van der Waals surface area contributed by atoms with Gasteiger partial charge >= 0.3 is 0 Å². The Morgan fingerprint density at radius 1 is 1.15 bits per heavy atom. The Morgan fingerprint density at radius 2 is 1.80 bits per heavy atom. The molecule has 1 aromatic rings. The predicted molar refractivity (Wildman–Crippen MR) is 81.8 cm³/mol. The van der Waals surface area contributed by atoms with Crippen molar-refractivity contribution in [3.05, 3.63) is 39.9 Å².